The highest BCUT2D eigenvalue weighted by Crippen LogP contribution is 2.41. The van der Waals surface area contributed by atoms with Gasteiger partial charge in [-0.25, -0.2) is 0 Å². The summed E-state index contributed by atoms with van der Waals surface area (Å²) >= 11 is 0. The van der Waals surface area contributed by atoms with Crippen molar-refractivity contribution in [3.8, 4) is 0 Å². The summed E-state index contributed by atoms with van der Waals surface area (Å²) in [6.45, 7) is 0.908. The summed E-state index contributed by atoms with van der Waals surface area (Å²) in [4.78, 5) is 4.18. The van der Waals surface area contributed by atoms with Crippen molar-refractivity contribution in [2.45, 2.75) is 69.4 Å². The predicted octanol–water partition coefficient (Wildman–Crippen LogP) is 3.47. The van der Waals surface area contributed by atoms with Gasteiger partial charge >= 0.3 is 0 Å². The van der Waals surface area contributed by atoms with Crippen molar-refractivity contribution >= 4 is 0 Å². The first-order chi connectivity index (χ1) is 10.3. The van der Waals surface area contributed by atoms with Crippen molar-refractivity contribution in [3.05, 3.63) is 30.1 Å². The Bertz CT molecular complexity index is 423. The van der Waals surface area contributed by atoms with Crippen LogP contribution in [0.1, 0.15) is 56.9 Å². The third-order valence-electron chi connectivity index (χ3n) is 5.39. The van der Waals surface area contributed by atoms with E-state index in [9.17, 15) is 0 Å². The molecule has 1 spiro atoms. The Morgan fingerprint density at radius 3 is 2.95 bits per heavy atom. The first-order valence-electron chi connectivity index (χ1n) is 8.56. The van der Waals surface area contributed by atoms with Gasteiger partial charge in [-0.05, 0) is 56.1 Å². The molecular formula is C18H28N2O. The van der Waals surface area contributed by atoms with Crippen LogP contribution < -0.4 is 5.73 Å². The third-order valence-corrected chi connectivity index (χ3v) is 5.39. The first kappa shape index (κ1) is 15.0. The Balaban J connectivity index is 1.53. The molecule has 2 N–H and O–H groups in total. The monoisotopic (exact) mass is 288 g/mol. The van der Waals surface area contributed by atoms with Crippen LogP contribution >= 0.6 is 0 Å². The van der Waals surface area contributed by atoms with Crippen LogP contribution in [0.5, 0.6) is 0 Å². The Labute approximate surface area is 128 Å². The molecule has 1 aliphatic heterocycles. The molecule has 0 amide bonds. The van der Waals surface area contributed by atoms with Crippen molar-refractivity contribution < 1.29 is 4.74 Å². The topological polar surface area (TPSA) is 48.1 Å². The zero-order valence-electron chi connectivity index (χ0n) is 13.0. The smallest absolute Gasteiger partial charge is 0.0685 e. The van der Waals surface area contributed by atoms with Gasteiger partial charge in [0.15, 0.2) is 0 Å². The van der Waals surface area contributed by atoms with E-state index >= 15 is 0 Å². The maximum Gasteiger partial charge on any atom is 0.0685 e. The summed E-state index contributed by atoms with van der Waals surface area (Å²) < 4.78 is 6.18. The number of ether oxygens (including phenoxy) is 1. The molecule has 0 aromatic carbocycles. The molecule has 21 heavy (non-hydrogen) atoms. The molecule has 2 fully saturated rings. The number of nitrogens with two attached hydrogens (primary N) is 1. The zero-order chi connectivity index (χ0) is 14.5. The summed E-state index contributed by atoms with van der Waals surface area (Å²) in [5, 5.41) is 0. The van der Waals surface area contributed by atoms with E-state index in [4.69, 9.17) is 10.5 Å². The third kappa shape index (κ3) is 3.83. The minimum absolute atomic E-state index is 0.174. The lowest BCUT2D eigenvalue weighted by Gasteiger charge is -2.45. The standard InChI is InChI=1S/C18H28N2O/c19-17(7-6-15-5-4-11-20-14-15)16-8-12-21-18(13-16)9-2-1-3-10-18/h4-5,11,14,16-17H,1-3,6-10,12-13,19H2. The molecule has 2 atom stereocenters. The highest BCUT2D eigenvalue weighted by molar-refractivity contribution is 5.08. The van der Waals surface area contributed by atoms with Crippen LogP contribution in [0.3, 0.4) is 0 Å². The first-order valence-corrected chi connectivity index (χ1v) is 8.56. The van der Waals surface area contributed by atoms with Crippen LogP contribution in [0.15, 0.2) is 24.5 Å². The van der Waals surface area contributed by atoms with Gasteiger partial charge < -0.3 is 10.5 Å². The van der Waals surface area contributed by atoms with Crippen LogP contribution in [0.2, 0.25) is 0 Å². The molecule has 1 aromatic heterocycles. The highest BCUT2D eigenvalue weighted by Gasteiger charge is 2.39. The van der Waals surface area contributed by atoms with Gasteiger partial charge in [-0.3, -0.25) is 4.98 Å². The molecule has 1 aliphatic carbocycles. The number of hydrogen-bond acceptors (Lipinski definition) is 3. The fourth-order valence-electron chi connectivity index (χ4n) is 4.09. The fraction of sp³-hybridized carbons (Fsp3) is 0.722. The summed E-state index contributed by atoms with van der Waals surface area (Å²) in [5.74, 6) is 0.633. The number of aromatic nitrogens is 1. The Morgan fingerprint density at radius 2 is 2.19 bits per heavy atom. The second-order valence-corrected chi connectivity index (χ2v) is 6.91. The predicted molar refractivity (Wildman–Crippen MR) is 85.0 cm³/mol. The van der Waals surface area contributed by atoms with Crippen molar-refractivity contribution in [1.82, 2.24) is 4.98 Å². The van der Waals surface area contributed by atoms with E-state index in [1.165, 1.54) is 44.1 Å². The van der Waals surface area contributed by atoms with Gasteiger partial charge in [0.05, 0.1) is 5.60 Å². The second-order valence-electron chi connectivity index (χ2n) is 6.91. The van der Waals surface area contributed by atoms with Crippen LogP contribution in [-0.4, -0.2) is 23.2 Å². The molecule has 2 aliphatic rings. The molecule has 3 rings (SSSR count). The molecule has 2 unspecified atom stereocenters. The molecule has 1 saturated heterocycles. The maximum absolute atomic E-state index is 6.51. The van der Waals surface area contributed by atoms with E-state index in [-0.39, 0.29) is 5.60 Å². The maximum atomic E-state index is 6.51. The minimum Gasteiger partial charge on any atom is -0.375 e. The van der Waals surface area contributed by atoms with Gasteiger partial charge in [-0.15, -0.1) is 0 Å². The number of rotatable bonds is 4. The molecule has 1 aromatic rings. The van der Waals surface area contributed by atoms with Gasteiger partial charge in [0.1, 0.15) is 0 Å². The van der Waals surface area contributed by atoms with Crippen molar-refractivity contribution in [2.75, 3.05) is 6.61 Å². The summed E-state index contributed by atoms with van der Waals surface area (Å²) in [6, 6.07) is 4.45. The number of nitrogens with zero attached hydrogens (tertiary/aromatic N) is 1. The van der Waals surface area contributed by atoms with Crippen molar-refractivity contribution in [1.29, 1.82) is 0 Å². The van der Waals surface area contributed by atoms with Gasteiger partial charge in [-0.1, -0.05) is 25.3 Å². The lowest BCUT2D eigenvalue weighted by molar-refractivity contribution is -0.120. The number of pyridine rings is 1. The largest absolute Gasteiger partial charge is 0.375 e. The van der Waals surface area contributed by atoms with Crippen LogP contribution in [0.4, 0.5) is 0 Å². The van der Waals surface area contributed by atoms with Gasteiger partial charge in [0, 0.05) is 25.0 Å². The van der Waals surface area contributed by atoms with Crippen molar-refractivity contribution in [3.63, 3.8) is 0 Å². The average molecular weight is 288 g/mol. The number of hydrogen-bond donors (Lipinski definition) is 1. The molecule has 116 valence electrons. The van der Waals surface area contributed by atoms with Crippen LogP contribution in [0, 0.1) is 5.92 Å². The van der Waals surface area contributed by atoms with E-state index in [0.717, 1.165) is 25.9 Å². The Hall–Kier alpha value is -0.930. The zero-order valence-corrected chi connectivity index (χ0v) is 13.0. The molecule has 2 heterocycles. The van der Waals surface area contributed by atoms with E-state index in [1.807, 2.05) is 18.5 Å². The lowest BCUT2D eigenvalue weighted by atomic mass is 9.73. The van der Waals surface area contributed by atoms with E-state index in [2.05, 4.69) is 11.1 Å². The highest BCUT2D eigenvalue weighted by atomic mass is 16.5. The summed E-state index contributed by atoms with van der Waals surface area (Å²) in [7, 11) is 0. The fourth-order valence-corrected chi connectivity index (χ4v) is 4.09. The van der Waals surface area contributed by atoms with Gasteiger partial charge in [0.25, 0.3) is 0 Å². The average Bonchev–Trinajstić information content (AvgIpc) is 2.54. The Morgan fingerprint density at radius 1 is 1.33 bits per heavy atom. The second kappa shape index (κ2) is 6.89. The minimum atomic E-state index is 0.174. The van der Waals surface area contributed by atoms with Crippen LogP contribution in [0.25, 0.3) is 0 Å². The molecule has 3 heteroatoms. The molecule has 3 nitrogen and oxygen atoms in total. The van der Waals surface area contributed by atoms with Gasteiger partial charge in [-0.2, -0.15) is 0 Å². The van der Waals surface area contributed by atoms with Crippen molar-refractivity contribution in [2.24, 2.45) is 11.7 Å². The lowest BCUT2D eigenvalue weighted by Crippen LogP contribution is -2.46. The summed E-state index contributed by atoms with van der Waals surface area (Å²) in [6.07, 6.45) is 14.7. The van der Waals surface area contributed by atoms with Gasteiger partial charge in [0.2, 0.25) is 0 Å². The number of aryl methyl sites for hydroxylation is 1. The quantitative estimate of drug-likeness (QED) is 0.923. The summed E-state index contributed by atoms with van der Waals surface area (Å²) in [5.41, 5.74) is 7.98. The molecule has 0 bridgehead atoms. The van der Waals surface area contributed by atoms with E-state index in [0.29, 0.717) is 12.0 Å². The molecular weight excluding hydrogens is 260 g/mol. The SMILES string of the molecule is NC(CCc1cccnc1)C1CCOC2(CCCCC2)C1. The van der Waals surface area contributed by atoms with E-state index in [1.54, 1.807) is 0 Å². The van der Waals surface area contributed by atoms with E-state index < -0.39 is 0 Å². The normalized spacial score (nSPS) is 26.6. The Kier molecular flexibility index (Phi) is 4.91. The molecule has 0 radical (unpaired) electrons. The molecule has 1 saturated carbocycles. The van der Waals surface area contributed by atoms with Crippen LogP contribution in [-0.2, 0) is 11.2 Å².